The molecule has 0 aliphatic rings. The Morgan fingerprint density at radius 3 is 2.55 bits per heavy atom. The minimum absolute atomic E-state index is 0.597. The Morgan fingerprint density at radius 1 is 1.20 bits per heavy atom. The van der Waals surface area contributed by atoms with Crippen molar-refractivity contribution in [1.29, 1.82) is 5.26 Å². The Kier molecular flexibility index (Phi) is 2.65. The van der Waals surface area contributed by atoms with Crippen molar-refractivity contribution in [3.8, 4) is 17.5 Å². The van der Waals surface area contributed by atoms with E-state index in [4.69, 9.17) is 4.42 Å². The van der Waals surface area contributed by atoms with Crippen LogP contribution in [0.1, 0.15) is 22.6 Å². The number of nitrogens with zero attached hydrogens (tertiary/aromatic N) is 3. The van der Waals surface area contributed by atoms with Gasteiger partial charge in [0.15, 0.2) is 0 Å². The van der Waals surface area contributed by atoms with Gasteiger partial charge < -0.3 is 8.98 Å². The van der Waals surface area contributed by atoms with E-state index in [9.17, 15) is 5.26 Å². The first-order chi connectivity index (χ1) is 9.54. The van der Waals surface area contributed by atoms with Crippen LogP contribution in [0.4, 0.5) is 0 Å². The van der Waals surface area contributed by atoms with Crippen molar-refractivity contribution in [2.24, 2.45) is 7.05 Å². The van der Waals surface area contributed by atoms with Crippen molar-refractivity contribution in [2.75, 3.05) is 0 Å². The molecular weight excluding hydrogens is 250 g/mol. The van der Waals surface area contributed by atoms with Crippen LogP contribution in [0.15, 0.2) is 22.6 Å². The highest BCUT2D eigenvalue weighted by molar-refractivity contribution is 5.86. The number of hydrogen-bond donors (Lipinski definition) is 0. The van der Waals surface area contributed by atoms with Gasteiger partial charge in [0.25, 0.3) is 0 Å². The summed E-state index contributed by atoms with van der Waals surface area (Å²) in [5.41, 5.74) is 4.41. The maximum absolute atomic E-state index is 9.20. The lowest BCUT2D eigenvalue weighted by atomic mass is 10.1. The van der Waals surface area contributed by atoms with Gasteiger partial charge in [-0.1, -0.05) is 6.07 Å². The number of imidazole rings is 1. The lowest BCUT2D eigenvalue weighted by Crippen LogP contribution is -1.94. The highest BCUT2D eigenvalue weighted by atomic mass is 16.3. The van der Waals surface area contributed by atoms with E-state index in [1.54, 1.807) is 6.07 Å². The van der Waals surface area contributed by atoms with Crippen LogP contribution in [-0.4, -0.2) is 9.55 Å². The molecule has 0 spiro atoms. The zero-order valence-electron chi connectivity index (χ0n) is 12.0. The van der Waals surface area contributed by atoms with Crippen LogP contribution >= 0.6 is 0 Å². The predicted molar refractivity (Wildman–Crippen MR) is 77.3 cm³/mol. The Labute approximate surface area is 117 Å². The van der Waals surface area contributed by atoms with Crippen molar-refractivity contribution in [2.45, 2.75) is 20.8 Å². The molecule has 0 saturated carbocycles. The van der Waals surface area contributed by atoms with Crippen LogP contribution in [0.3, 0.4) is 0 Å². The average Bonchev–Trinajstić information content (AvgIpc) is 2.88. The van der Waals surface area contributed by atoms with Crippen molar-refractivity contribution in [3.63, 3.8) is 0 Å². The van der Waals surface area contributed by atoms with Crippen LogP contribution in [0.5, 0.6) is 0 Å². The van der Waals surface area contributed by atoms with Crippen molar-refractivity contribution in [3.05, 3.63) is 40.8 Å². The number of para-hydroxylation sites is 1. The fraction of sp³-hybridized carbons (Fsp3) is 0.250. The third-order valence-corrected chi connectivity index (χ3v) is 3.82. The largest absolute Gasteiger partial charge is 0.466 e. The van der Waals surface area contributed by atoms with E-state index in [1.165, 1.54) is 0 Å². The molecule has 2 aromatic heterocycles. The molecule has 0 N–H and O–H groups in total. The summed E-state index contributed by atoms with van der Waals surface area (Å²) in [5.74, 6) is 2.61. The Hall–Kier alpha value is -2.54. The number of furan rings is 1. The molecule has 4 nitrogen and oxygen atoms in total. The molecule has 4 heteroatoms. The summed E-state index contributed by atoms with van der Waals surface area (Å²) in [5, 5.41) is 9.20. The third-order valence-electron chi connectivity index (χ3n) is 3.82. The molecular formula is C16H15N3O. The van der Waals surface area contributed by atoms with Crippen molar-refractivity contribution in [1.82, 2.24) is 9.55 Å². The van der Waals surface area contributed by atoms with Gasteiger partial charge in [0, 0.05) is 12.6 Å². The molecule has 1 aromatic carbocycles. The molecule has 0 radical (unpaired) electrons. The maximum atomic E-state index is 9.20. The minimum atomic E-state index is 0.597. The second-order valence-electron chi connectivity index (χ2n) is 4.99. The fourth-order valence-corrected chi connectivity index (χ4v) is 2.65. The quantitative estimate of drug-likeness (QED) is 0.675. The van der Waals surface area contributed by atoms with Crippen LogP contribution < -0.4 is 0 Å². The Bertz CT molecular complexity index is 862. The zero-order valence-corrected chi connectivity index (χ0v) is 12.0. The highest BCUT2D eigenvalue weighted by Gasteiger charge is 2.19. The molecule has 2 heterocycles. The fourth-order valence-electron chi connectivity index (χ4n) is 2.65. The summed E-state index contributed by atoms with van der Waals surface area (Å²) in [6.45, 7) is 5.93. The van der Waals surface area contributed by atoms with Crippen molar-refractivity contribution >= 4 is 11.0 Å². The van der Waals surface area contributed by atoms with Gasteiger partial charge in [0.1, 0.15) is 28.9 Å². The predicted octanol–water partition coefficient (Wildman–Crippen LogP) is 3.63. The number of aromatic nitrogens is 2. The summed E-state index contributed by atoms with van der Waals surface area (Å²) >= 11 is 0. The summed E-state index contributed by atoms with van der Waals surface area (Å²) in [6, 6.07) is 7.85. The monoisotopic (exact) mass is 265 g/mol. The van der Waals surface area contributed by atoms with Crippen LogP contribution in [-0.2, 0) is 7.05 Å². The van der Waals surface area contributed by atoms with E-state index in [1.807, 2.05) is 44.5 Å². The average molecular weight is 265 g/mol. The van der Waals surface area contributed by atoms with Gasteiger partial charge in [-0.25, -0.2) is 4.98 Å². The maximum Gasteiger partial charge on any atom is 0.144 e. The zero-order chi connectivity index (χ0) is 14.4. The molecule has 0 amide bonds. The van der Waals surface area contributed by atoms with Gasteiger partial charge in [0.2, 0.25) is 0 Å². The topological polar surface area (TPSA) is 54.8 Å². The van der Waals surface area contributed by atoms with Gasteiger partial charge in [-0.05, 0) is 32.9 Å². The van der Waals surface area contributed by atoms with Gasteiger partial charge in [0.05, 0.1) is 16.6 Å². The lowest BCUT2D eigenvalue weighted by Gasteiger charge is -2.02. The first-order valence-corrected chi connectivity index (χ1v) is 6.47. The second kappa shape index (κ2) is 4.24. The number of fused-ring (bicyclic) bond motifs is 1. The minimum Gasteiger partial charge on any atom is -0.466 e. The number of rotatable bonds is 1. The van der Waals surface area contributed by atoms with E-state index in [2.05, 4.69) is 11.1 Å². The van der Waals surface area contributed by atoms with E-state index in [-0.39, 0.29) is 0 Å². The smallest absolute Gasteiger partial charge is 0.144 e. The molecule has 0 aliphatic carbocycles. The normalized spacial score (nSPS) is 10.9. The van der Waals surface area contributed by atoms with Crippen molar-refractivity contribution < 1.29 is 4.42 Å². The van der Waals surface area contributed by atoms with Gasteiger partial charge in [-0.15, -0.1) is 0 Å². The first kappa shape index (κ1) is 12.5. The number of aryl methyl sites for hydroxylation is 3. The van der Waals surface area contributed by atoms with Crippen LogP contribution in [0.25, 0.3) is 22.4 Å². The standard InChI is InChI=1S/C16H15N3O/c1-9-10(2)20-11(3)14(9)16-18-15-12(8-17)6-5-7-13(15)19(16)4/h5-7H,1-4H3. The molecule has 0 unspecified atom stereocenters. The van der Waals surface area contributed by atoms with E-state index in [0.717, 1.165) is 39.5 Å². The molecule has 0 aliphatic heterocycles. The van der Waals surface area contributed by atoms with Crippen LogP contribution in [0.2, 0.25) is 0 Å². The molecule has 100 valence electrons. The molecule has 0 bridgehead atoms. The molecule has 3 rings (SSSR count). The first-order valence-electron chi connectivity index (χ1n) is 6.47. The highest BCUT2D eigenvalue weighted by Crippen LogP contribution is 2.33. The Balaban J connectivity index is 2.39. The summed E-state index contributed by atoms with van der Waals surface area (Å²) in [6.07, 6.45) is 0. The molecule has 20 heavy (non-hydrogen) atoms. The number of nitriles is 1. The summed E-state index contributed by atoms with van der Waals surface area (Å²) in [4.78, 5) is 4.67. The van der Waals surface area contributed by atoms with Crippen LogP contribution in [0, 0.1) is 32.1 Å². The third kappa shape index (κ3) is 1.56. The van der Waals surface area contributed by atoms with E-state index >= 15 is 0 Å². The second-order valence-corrected chi connectivity index (χ2v) is 4.99. The van der Waals surface area contributed by atoms with Gasteiger partial charge in [-0.3, -0.25) is 0 Å². The lowest BCUT2D eigenvalue weighted by molar-refractivity contribution is 0.503. The summed E-state index contributed by atoms with van der Waals surface area (Å²) in [7, 11) is 1.97. The Morgan fingerprint density at radius 2 is 1.95 bits per heavy atom. The van der Waals surface area contributed by atoms with Gasteiger partial charge >= 0.3 is 0 Å². The van der Waals surface area contributed by atoms with E-state index < -0.39 is 0 Å². The number of hydrogen-bond acceptors (Lipinski definition) is 3. The van der Waals surface area contributed by atoms with Gasteiger partial charge in [-0.2, -0.15) is 5.26 Å². The molecule has 0 atom stereocenters. The number of benzene rings is 1. The van der Waals surface area contributed by atoms with E-state index in [0.29, 0.717) is 5.56 Å². The summed E-state index contributed by atoms with van der Waals surface area (Å²) < 4.78 is 7.70. The molecule has 3 aromatic rings. The molecule has 0 fully saturated rings. The molecule has 0 saturated heterocycles. The SMILES string of the molecule is Cc1oc(C)c(-c2nc3c(C#N)cccc3n2C)c1C.